The van der Waals surface area contributed by atoms with E-state index in [1.807, 2.05) is 11.4 Å². The van der Waals surface area contributed by atoms with Crippen LogP contribution >= 0.6 is 34.5 Å². The molecular formula is C20H13Cl2N3O2S. The van der Waals surface area contributed by atoms with Gasteiger partial charge in [-0.05, 0) is 24.3 Å². The molecule has 0 fully saturated rings. The lowest BCUT2D eigenvalue weighted by Gasteiger charge is -2.07. The molecule has 0 saturated carbocycles. The number of anilines is 1. The van der Waals surface area contributed by atoms with E-state index < -0.39 is 5.97 Å². The topological polar surface area (TPSA) is 75.0 Å². The molecule has 0 radical (unpaired) electrons. The lowest BCUT2D eigenvalue weighted by atomic mass is 10.1. The molecule has 0 amide bonds. The van der Waals surface area contributed by atoms with E-state index in [-0.39, 0.29) is 0 Å². The highest BCUT2D eigenvalue weighted by Gasteiger charge is 2.12. The van der Waals surface area contributed by atoms with Crippen LogP contribution in [0, 0.1) is 11.3 Å². The maximum atomic E-state index is 11.9. The van der Waals surface area contributed by atoms with Crippen molar-refractivity contribution in [1.29, 1.82) is 5.26 Å². The Balaban J connectivity index is 1.87. The second-order valence-corrected chi connectivity index (χ2v) is 7.19. The van der Waals surface area contributed by atoms with Crippen molar-refractivity contribution in [3.8, 4) is 17.3 Å². The van der Waals surface area contributed by atoms with Gasteiger partial charge in [-0.1, -0.05) is 41.4 Å². The second-order valence-electron chi connectivity index (χ2n) is 5.52. The molecule has 8 heteroatoms. The molecule has 0 aliphatic carbocycles. The van der Waals surface area contributed by atoms with Crippen LogP contribution in [-0.2, 0) is 4.74 Å². The maximum Gasteiger partial charge on any atom is 0.339 e. The first-order valence-corrected chi connectivity index (χ1v) is 9.62. The number of ether oxygens (including phenoxy) is 1. The van der Waals surface area contributed by atoms with Crippen LogP contribution < -0.4 is 5.32 Å². The first-order valence-electron chi connectivity index (χ1n) is 7.99. The van der Waals surface area contributed by atoms with Gasteiger partial charge in [0.2, 0.25) is 0 Å². The fourth-order valence-electron chi connectivity index (χ4n) is 2.37. The summed E-state index contributed by atoms with van der Waals surface area (Å²) in [5.74, 6) is -0.467. The van der Waals surface area contributed by atoms with Crippen LogP contribution in [0.3, 0.4) is 0 Å². The summed E-state index contributed by atoms with van der Waals surface area (Å²) in [4.78, 5) is 16.4. The average molecular weight is 430 g/mol. The lowest BCUT2D eigenvalue weighted by molar-refractivity contribution is 0.0602. The van der Waals surface area contributed by atoms with Crippen molar-refractivity contribution in [1.82, 2.24) is 4.98 Å². The van der Waals surface area contributed by atoms with Gasteiger partial charge in [0.1, 0.15) is 16.6 Å². The molecule has 0 saturated heterocycles. The quantitative estimate of drug-likeness (QED) is 0.404. The van der Waals surface area contributed by atoms with Crippen molar-refractivity contribution >= 4 is 51.8 Å². The summed E-state index contributed by atoms with van der Waals surface area (Å²) in [5.41, 5.74) is 2.72. The number of hydrogen-bond acceptors (Lipinski definition) is 6. The molecule has 0 aliphatic rings. The number of halogens is 2. The Morgan fingerprint density at radius 3 is 2.75 bits per heavy atom. The fraction of sp³-hybridized carbons (Fsp3) is 0.0500. The molecule has 1 heterocycles. The van der Waals surface area contributed by atoms with E-state index in [4.69, 9.17) is 27.9 Å². The summed E-state index contributed by atoms with van der Waals surface area (Å²) in [6.45, 7) is 0. The Morgan fingerprint density at radius 1 is 1.25 bits per heavy atom. The number of esters is 1. The smallest absolute Gasteiger partial charge is 0.339 e. The second kappa shape index (κ2) is 8.89. The zero-order valence-electron chi connectivity index (χ0n) is 14.6. The Hall–Kier alpha value is -2.85. The summed E-state index contributed by atoms with van der Waals surface area (Å²) in [6, 6.07) is 14.2. The van der Waals surface area contributed by atoms with Crippen molar-refractivity contribution < 1.29 is 9.53 Å². The first-order chi connectivity index (χ1) is 13.5. The SMILES string of the molecule is COC(=O)c1ccccc1N/C=C(\C#N)c1nc(-c2ccc(Cl)c(Cl)c2)cs1. The predicted octanol–water partition coefficient (Wildman–Crippen LogP) is 5.88. The summed E-state index contributed by atoms with van der Waals surface area (Å²) in [5, 5.41) is 15.8. The Labute approximate surface area is 175 Å². The molecule has 3 rings (SSSR count). The third-order valence-corrected chi connectivity index (χ3v) is 5.39. The van der Waals surface area contributed by atoms with Gasteiger partial charge < -0.3 is 10.1 Å². The van der Waals surface area contributed by atoms with Gasteiger partial charge in [0.15, 0.2) is 0 Å². The van der Waals surface area contributed by atoms with Crippen LogP contribution in [0.25, 0.3) is 16.8 Å². The zero-order chi connectivity index (χ0) is 20.1. The highest BCUT2D eigenvalue weighted by atomic mass is 35.5. The van der Waals surface area contributed by atoms with Crippen molar-refractivity contribution in [2.24, 2.45) is 0 Å². The molecule has 0 bridgehead atoms. The molecule has 0 spiro atoms. The largest absolute Gasteiger partial charge is 0.465 e. The number of nitrogens with one attached hydrogen (secondary N) is 1. The van der Waals surface area contributed by atoms with E-state index >= 15 is 0 Å². The average Bonchev–Trinajstić information content (AvgIpc) is 3.20. The molecule has 1 aromatic heterocycles. The van der Waals surface area contributed by atoms with Gasteiger partial charge in [-0.3, -0.25) is 0 Å². The van der Waals surface area contributed by atoms with Crippen LogP contribution in [0.15, 0.2) is 54.0 Å². The van der Waals surface area contributed by atoms with Crippen molar-refractivity contribution in [3.63, 3.8) is 0 Å². The van der Waals surface area contributed by atoms with Gasteiger partial charge in [0.05, 0.1) is 34.1 Å². The predicted molar refractivity (Wildman–Crippen MR) is 113 cm³/mol. The minimum absolute atomic E-state index is 0.330. The van der Waals surface area contributed by atoms with Crippen molar-refractivity contribution in [2.75, 3.05) is 12.4 Å². The molecule has 0 aliphatic heterocycles. The van der Waals surface area contributed by atoms with E-state index in [0.29, 0.717) is 37.6 Å². The van der Waals surface area contributed by atoms with Crippen LogP contribution in [0.5, 0.6) is 0 Å². The number of para-hydroxylation sites is 1. The minimum Gasteiger partial charge on any atom is -0.465 e. The number of nitriles is 1. The fourth-order valence-corrected chi connectivity index (χ4v) is 3.47. The van der Waals surface area contributed by atoms with Crippen LogP contribution in [0.2, 0.25) is 10.0 Å². The molecule has 1 N–H and O–H groups in total. The molecule has 28 heavy (non-hydrogen) atoms. The standard InChI is InChI=1S/C20H13Cl2N3O2S/c1-27-20(26)14-4-2-3-5-17(14)24-10-13(9-23)19-25-18(11-28-19)12-6-7-15(21)16(22)8-12/h2-8,10-11,24H,1H3/b13-10+. The molecular weight excluding hydrogens is 417 g/mol. The highest BCUT2D eigenvalue weighted by molar-refractivity contribution is 7.11. The van der Waals surface area contributed by atoms with Crippen LogP contribution in [0.1, 0.15) is 15.4 Å². The maximum absolute atomic E-state index is 11.9. The Morgan fingerprint density at radius 2 is 2.04 bits per heavy atom. The Kier molecular flexibility index (Phi) is 6.32. The summed E-state index contributed by atoms with van der Waals surface area (Å²) in [6.07, 6.45) is 1.51. The van der Waals surface area contributed by atoms with Gasteiger partial charge in [-0.15, -0.1) is 11.3 Å². The molecule has 5 nitrogen and oxygen atoms in total. The number of methoxy groups -OCH3 is 1. The molecule has 3 aromatic rings. The van der Waals surface area contributed by atoms with Gasteiger partial charge >= 0.3 is 5.97 Å². The van der Waals surface area contributed by atoms with Gasteiger partial charge in [-0.2, -0.15) is 5.26 Å². The molecule has 2 aromatic carbocycles. The number of hydrogen-bond donors (Lipinski definition) is 1. The monoisotopic (exact) mass is 429 g/mol. The number of carbonyl (C=O) groups excluding carboxylic acids is 1. The number of aromatic nitrogens is 1. The molecule has 0 unspecified atom stereocenters. The Bertz CT molecular complexity index is 1100. The van der Waals surface area contributed by atoms with Gasteiger partial charge in [0.25, 0.3) is 0 Å². The number of rotatable bonds is 5. The third-order valence-electron chi connectivity index (χ3n) is 3.77. The van der Waals surface area contributed by atoms with E-state index in [0.717, 1.165) is 5.56 Å². The van der Waals surface area contributed by atoms with Crippen LogP contribution in [0.4, 0.5) is 5.69 Å². The third kappa shape index (κ3) is 4.34. The first kappa shape index (κ1) is 19.9. The summed E-state index contributed by atoms with van der Waals surface area (Å²) < 4.78 is 4.77. The van der Waals surface area contributed by atoms with Crippen LogP contribution in [-0.4, -0.2) is 18.1 Å². The summed E-state index contributed by atoms with van der Waals surface area (Å²) in [7, 11) is 1.32. The normalized spacial score (nSPS) is 11.0. The van der Waals surface area contributed by atoms with Crippen molar-refractivity contribution in [3.05, 3.63) is 74.7 Å². The number of benzene rings is 2. The van der Waals surface area contributed by atoms with E-state index in [9.17, 15) is 10.1 Å². The zero-order valence-corrected chi connectivity index (χ0v) is 16.9. The molecule has 140 valence electrons. The lowest BCUT2D eigenvalue weighted by Crippen LogP contribution is -2.05. The van der Waals surface area contributed by atoms with Gasteiger partial charge in [-0.25, -0.2) is 9.78 Å². The summed E-state index contributed by atoms with van der Waals surface area (Å²) >= 11 is 13.3. The van der Waals surface area contributed by atoms with E-state index in [1.165, 1.54) is 24.6 Å². The minimum atomic E-state index is -0.467. The highest BCUT2D eigenvalue weighted by Crippen LogP contribution is 2.31. The molecule has 0 atom stereocenters. The number of nitrogens with zero attached hydrogens (tertiary/aromatic N) is 2. The van der Waals surface area contributed by atoms with Gasteiger partial charge in [0, 0.05) is 17.1 Å². The van der Waals surface area contributed by atoms with E-state index in [2.05, 4.69) is 16.4 Å². The van der Waals surface area contributed by atoms with Crippen molar-refractivity contribution in [2.45, 2.75) is 0 Å². The number of carbonyl (C=O) groups is 1. The van der Waals surface area contributed by atoms with E-state index in [1.54, 1.807) is 36.4 Å². The number of thiazole rings is 1. The number of allylic oxidation sites excluding steroid dienone is 1.